The maximum Gasteiger partial charge on any atom is 0.0952 e. The van der Waals surface area contributed by atoms with Crippen molar-refractivity contribution in [2.45, 2.75) is 24.5 Å². The van der Waals surface area contributed by atoms with Crippen LogP contribution in [-0.4, -0.2) is 45.3 Å². The predicted octanol–water partition coefficient (Wildman–Crippen LogP) is -1.53. The van der Waals surface area contributed by atoms with Crippen molar-refractivity contribution >= 4 is 0 Å². The number of hydrogen-bond acceptors (Lipinski definition) is 4. The molecule has 0 aromatic heterocycles. The fraction of sp³-hybridized carbons (Fsp3) is 1.00. The number of rotatable bonds is 2. The Kier molecular flexibility index (Phi) is 2.49. The largest absolute Gasteiger partial charge is 0.396 e. The van der Waals surface area contributed by atoms with Gasteiger partial charge in [0.05, 0.1) is 18.3 Å². The van der Waals surface area contributed by atoms with Crippen molar-refractivity contribution in [2.75, 3.05) is 13.2 Å². The summed E-state index contributed by atoms with van der Waals surface area (Å²) in [4.78, 5) is 0. The lowest BCUT2D eigenvalue weighted by Crippen LogP contribution is -2.39. The minimum Gasteiger partial charge on any atom is -0.396 e. The van der Waals surface area contributed by atoms with Gasteiger partial charge in [0.1, 0.15) is 0 Å². The van der Waals surface area contributed by atoms with Crippen LogP contribution in [0.2, 0.25) is 0 Å². The first kappa shape index (κ1) is 8.93. The van der Waals surface area contributed by atoms with Crippen molar-refractivity contribution in [3.05, 3.63) is 0 Å². The van der Waals surface area contributed by atoms with Crippen molar-refractivity contribution in [1.82, 2.24) is 0 Å². The summed E-state index contributed by atoms with van der Waals surface area (Å²) >= 11 is 0. The van der Waals surface area contributed by atoms with E-state index in [0.29, 0.717) is 6.42 Å². The maximum absolute atomic E-state index is 9.56. The van der Waals surface area contributed by atoms with Crippen LogP contribution in [0.3, 0.4) is 0 Å². The topological polar surface area (TPSA) is 80.9 Å². The van der Waals surface area contributed by atoms with Gasteiger partial charge in [-0.05, 0) is 6.42 Å². The van der Waals surface area contributed by atoms with E-state index in [1.165, 1.54) is 0 Å². The number of aliphatic hydroxyl groups excluding tert-OH is 3. The molecule has 4 heteroatoms. The summed E-state index contributed by atoms with van der Waals surface area (Å²) in [6, 6.07) is 0. The van der Waals surface area contributed by atoms with Crippen LogP contribution in [-0.2, 0) is 0 Å². The van der Waals surface area contributed by atoms with Crippen LogP contribution in [0.25, 0.3) is 0 Å². The van der Waals surface area contributed by atoms with Gasteiger partial charge in [-0.25, -0.2) is 0 Å². The Labute approximate surface area is 65.1 Å². The Morgan fingerprint density at radius 2 is 2.00 bits per heavy atom. The molecule has 11 heavy (non-hydrogen) atoms. The molecule has 1 fully saturated rings. The Morgan fingerprint density at radius 3 is 2.36 bits per heavy atom. The highest BCUT2D eigenvalue weighted by Crippen LogP contribution is 2.34. The Bertz CT molecular complexity index is 138. The fourth-order valence-corrected chi connectivity index (χ4v) is 1.64. The monoisotopic (exact) mass is 162 g/mol. The average Bonchev–Trinajstić information content (AvgIpc) is 2.27. The van der Waals surface area contributed by atoms with E-state index in [9.17, 15) is 5.11 Å². The molecule has 0 aromatic carbocycles. The maximum atomic E-state index is 9.56. The Hall–Kier alpha value is -0.160. The molecule has 4 nitrogen and oxygen atoms in total. The van der Waals surface area contributed by atoms with Gasteiger partial charge < -0.3 is 20.4 Å². The zero-order chi connectivity index (χ0) is 8.48. The van der Waals surface area contributed by atoms with Gasteiger partial charge in [-0.1, -0.05) is 0 Å². The average molecular weight is 162 g/mol. The van der Waals surface area contributed by atoms with Crippen molar-refractivity contribution in [3.63, 3.8) is 0 Å². The van der Waals surface area contributed by atoms with Crippen molar-refractivity contribution in [3.8, 4) is 0 Å². The van der Waals surface area contributed by atoms with Gasteiger partial charge in [-0.3, -0.25) is 0 Å². The first-order chi connectivity index (χ1) is 5.12. The molecule has 0 bridgehead atoms. The first-order valence-corrected chi connectivity index (χ1v) is 3.74. The van der Waals surface area contributed by atoms with Gasteiger partial charge in [0.15, 0.2) is 0 Å². The summed E-state index contributed by atoms with van der Waals surface area (Å²) in [5, 5.41) is 36.2. The lowest BCUT2D eigenvalue weighted by atomic mass is 9.93. The van der Waals surface area contributed by atoms with E-state index in [4.69, 9.17) is 15.3 Å². The van der Waals surface area contributed by atoms with E-state index < -0.39 is 18.3 Å². The van der Waals surface area contributed by atoms with Crippen LogP contribution in [0.15, 0.2) is 0 Å². The van der Waals surface area contributed by atoms with Gasteiger partial charge in [0, 0.05) is 18.9 Å². The van der Waals surface area contributed by atoms with Crippen LogP contribution in [0.5, 0.6) is 0 Å². The van der Waals surface area contributed by atoms with E-state index in [1.54, 1.807) is 0 Å². The van der Waals surface area contributed by atoms with E-state index in [1.807, 2.05) is 0 Å². The van der Waals surface area contributed by atoms with Crippen LogP contribution in [0.4, 0.5) is 0 Å². The predicted molar refractivity (Wildman–Crippen MR) is 37.9 cm³/mol. The number of hydrogen-bond donors (Lipinski definition) is 4. The molecule has 0 amide bonds. The highest BCUT2D eigenvalue weighted by atomic mass is 16.3. The lowest BCUT2D eigenvalue weighted by Gasteiger charge is -2.25. The highest BCUT2D eigenvalue weighted by Gasteiger charge is 2.44. The summed E-state index contributed by atoms with van der Waals surface area (Å²) in [6.45, 7) is -0.580. The minimum atomic E-state index is -1.27. The van der Waals surface area contributed by atoms with E-state index >= 15 is 0 Å². The molecule has 3 atom stereocenters. The third kappa shape index (κ3) is 1.54. The second-order valence-corrected chi connectivity index (χ2v) is 3.23. The summed E-state index contributed by atoms with van der Waals surface area (Å²) in [6.07, 6.45) is -0.0632. The SMILES string of the molecule is OCC1CC(O)CC1(O)CO. The molecule has 0 radical (unpaired) electrons. The zero-order valence-corrected chi connectivity index (χ0v) is 6.27. The minimum absolute atomic E-state index is 0.161. The van der Waals surface area contributed by atoms with Crippen LogP contribution < -0.4 is 0 Å². The van der Waals surface area contributed by atoms with Gasteiger partial charge in [0.25, 0.3) is 0 Å². The Morgan fingerprint density at radius 1 is 1.36 bits per heavy atom. The van der Waals surface area contributed by atoms with E-state index in [2.05, 4.69) is 0 Å². The second kappa shape index (κ2) is 3.06. The molecule has 0 aromatic rings. The van der Waals surface area contributed by atoms with Crippen molar-refractivity contribution in [1.29, 1.82) is 0 Å². The van der Waals surface area contributed by atoms with Crippen LogP contribution in [0, 0.1) is 5.92 Å². The molecule has 0 saturated heterocycles. The summed E-state index contributed by atoms with van der Waals surface area (Å²) < 4.78 is 0. The molecule has 0 heterocycles. The normalized spacial score (nSPS) is 44.7. The van der Waals surface area contributed by atoms with Gasteiger partial charge in [-0.15, -0.1) is 0 Å². The first-order valence-electron chi connectivity index (χ1n) is 3.74. The molecule has 66 valence electrons. The van der Waals surface area contributed by atoms with E-state index in [0.717, 1.165) is 0 Å². The standard InChI is InChI=1S/C7H14O4/c8-3-5-1-6(10)2-7(5,11)4-9/h5-6,8-11H,1-4H2. The third-order valence-corrected chi connectivity index (χ3v) is 2.40. The highest BCUT2D eigenvalue weighted by molar-refractivity contribution is 4.95. The van der Waals surface area contributed by atoms with E-state index in [-0.39, 0.29) is 18.9 Å². The third-order valence-electron chi connectivity index (χ3n) is 2.40. The molecule has 1 saturated carbocycles. The molecule has 1 rings (SSSR count). The second-order valence-electron chi connectivity index (χ2n) is 3.23. The van der Waals surface area contributed by atoms with Crippen molar-refractivity contribution in [2.24, 2.45) is 5.92 Å². The smallest absolute Gasteiger partial charge is 0.0952 e. The molecular formula is C7H14O4. The quantitative estimate of drug-likeness (QED) is 0.397. The molecule has 1 aliphatic carbocycles. The molecular weight excluding hydrogens is 148 g/mol. The van der Waals surface area contributed by atoms with Gasteiger partial charge in [0.2, 0.25) is 0 Å². The molecule has 1 aliphatic rings. The molecule has 0 spiro atoms. The number of aliphatic hydroxyl groups is 4. The van der Waals surface area contributed by atoms with Crippen molar-refractivity contribution < 1.29 is 20.4 Å². The zero-order valence-electron chi connectivity index (χ0n) is 6.27. The summed E-state index contributed by atoms with van der Waals surface area (Å²) in [5.74, 6) is -0.387. The lowest BCUT2D eigenvalue weighted by molar-refractivity contribution is -0.0615. The summed E-state index contributed by atoms with van der Waals surface area (Å²) in [5.41, 5.74) is -1.27. The molecule has 0 aliphatic heterocycles. The van der Waals surface area contributed by atoms with Gasteiger partial charge >= 0.3 is 0 Å². The Balaban J connectivity index is 2.63. The molecule has 4 N–H and O–H groups in total. The summed E-state index contributed by atoms with van der Waals surface area (Å²) in [7, 11) is 0. The van der Waals surface area contributed by atoms with Crippen LogP contribution >= 0.6 is 0 Å². The van der Waals surface area contributed by atoms with Crippen LogP contribution in [0.1, 0.15) is 12.8 Å². The van der Waals surface area contributed by atoms with Gasteiger partial charge in [-0.2, -0.15) is 0 Å². The molecule has 3 unspecified atom stereocenters. The fourth-order valence-electron chi connectivity index (χ4n) is 1.64.